The van der Waals surface area contributed by atoms with E-state index in [2.05, 4.69) is 15.9 Å². The molecule has 0 aliphatic carbocycles. The molecule has 0 atom stereocenters. The average molecular weight is 343 g/mol. The fourth-order valence-corrected chi connectivity index (χ4v) is 2.25. The number of hydrogen-bond acceptors (Lipinski definition) is 2. The maximum Gasteiger partial charge on any atom is 0.289 e. The van der Waals surface area contributed by atoms with Crippen molar-refractivity contribution in [3.8, 4) is 0 Å². The Morgan fingerprint density at radius 2 is 1.95 bits per heavy atom. The van der Waals surface area contributed by atoms with Crippen LogP contribution in [0.25, 0.3) is 0 Å². The van der Waals surface area contributed by atoms with Gasteiger partial charge in [0.15, 0.2) is 10.4 Å². The minimum Gasteiger partial charge on any atom is -0.444 e. The molecule has 100 valence electrons. The van der Waals surface area contributed by atoms with Crippen molar-refractivity contribution in [1.82, 2.24) is 4.90 Å². The number of hydrogen-bond donors (Lipinski definition) is 0. The van der Waals surface area contributed by atoms with Crippen molar-refractivity contribution in [1.29, 1.82) is 0 Å². The third kappa shape index (κ3) is 3.85. The van der Waals surface area contributed by atoms with Crippen LogP contribution in [0.15, 0.2) is 51.6 Å². The normalized spacial score (nSPS) is 10.4. The lowest BCUT2D eigenvalue weighted by Crippen LogP contribution is -2.32. The molecule has 5 heteroatoms. The fraction of sp³-hybridized carbons (Fsp3) is 0.214. The van der Waals surface area contributed by atoms with Crippen LogP contribution in [0.5, 0.6) is 0 Å². The number of benzene rings is 1. The third-order valence-electron chi connectivity index (χ3n) is 2.64. The molecule has 19 heavy (non-hydrogen) atoms. The minimum absolute atomic E-state index is 0.157. The van der Waals surface area contributed by atoms with E-state index in [4.69, 9.17) is 16.0 Å². The van der Waals surface area contributed by atoms with Crippen molar-refractivity contribution in [3.05, 3.63) is 58.5 Å². The van der Waals surface area contributed by atoms with Crippen LogP contribution in [0.2, 0.25) is 0 Å². The van der Waals surface area contributed by atoms with Crippen LogP contribution < -0.4 is 0 Å². The van der Waals surface area contributed by atoms with E-state index in [0.29, 0.717) is 29.4 Å². The molecule has 0 spiro atoms. The highest BCUT2D eigenvalue weighted by atomic mass is 79.9. The second kappa shape index (κ2) is 6.78. The molecule has 0 radical (unpaired) electrons. The van der Waals surface area contributed by atoms with Gasteiger partial charge < -0.3 is 9.32 Å². The van der Waals surface area contributed by atoms with E-state index >= 15 is 0 Å². The number of nitrogens with zero attached hydrogens (tertiary/aromatic N) is 1. The number of rotatable bonds is 5. The second-order valence-corrected chi connectivity index (χ2v) is 5.16. The first-order valence-corrected chi connectivity index (χ1v) is 7.18. The lowest BCUT2D eigenvalue weighted by molar-refractivity contribution is 0.0720. The number of furan rings is 1. The van der Waals surface area contributed by atoms with E-state index in [1.54, 1.807) is 17.0 Å². The first kappa shape index (κ1) is 14.2. The van der Waals surface area contributed by atoms with Crippen LogP contribution in [-0.4, -0.2) is 23.2 Å². The van der Waals surface area contributed by atoms with Gasteiger partial charge in [0.25, 0.3) is 5.91 Å². The number of carbonyl (C=O) groups excluding carboxylic acids is 1. The van der Waals surface area contributed by atoms with Gasteiger partial charge in [0.05, 0.1) is 0 Å². The molecule has 0 saturated heterocycles. The van der Waals surface area contributed by atoms with E-state index in [1.165, 1.54) is 0 Å². The Kier molecular flexibility index (Phi) is 5.05. The molecule has 1 aromatic heterocycles. The van der Waals surface area contributed by atoms with Crippen LogP contribution in [-0.2, 0) is 6.54 Å². The Morgan fingerprint density at radius 1 is 1.21 bits per heavy atom. The zero-order chi connectivity index (χ0) is 13.7. The van der Waals surface area contributed by atoms with Gasteiger partial charge in [-0.05, 0) is 33.6 Å². The first-order valence-electron chi connectivity index (χ1n) is 5.85. The van der Waals surface area contributed by atoms with Gasteiger partial charge in [-0.3, -0.25) is 4.79 Å². The Hall–Kier alpha value is -1.26. The average Bonchev–Trinajstić information content (AvgIpc) is 2.85. The van der Waals surface area contributed by atoms with Gasteiger partial charge in [0.2, 0.25) is 0 Å². The molecule has 0 aliphatic heterocycles. The zero-order valence-corrected chi connectivity index (χ0v) is 12.5. The first-order chi connectivity index (χ1) is 9.20. The van der Waals surface area contributed by atoms with E-state index in [-0.39, 0.29) is 5.91 Å². The van der Waals surface area contributed by atoms with Crippen LogP contribution in [0.1, 0.15) is 16.1 Å². The summed E-state index contributed by atoms with van der Waals surface area (Å²) in [5, 5.41) is 0. The highest BCUT2D eigenvalue weighted by Gasteiger charge is 2.18. The molecule has 0 N–H and O–H groups in total. The summed E-state index contributed by atoms with van der Waals surface area (Å²) >= 11 is 8.96. The smallest absolute Gasteiger partial charge is 0.289 e. The predicted octanol–water partition coefficient (Wildman–Crippen LogP) is 3.92. The molecular formula is C14H13BrClNO2. The fourth-order valence-electron chi connectivity index (χ4n) is 1.74. The molecule has 1 heterocycles. The van der Waals surface area contributed by atoms with Gasteiger partial charge in [-0.1, -0.05) is 30.3 Å². The predicted molar refractivity (Wildman–Crippen MR) is 78.3 cm³/mol. The second-order valence-electron chi connectivity index (χ2n) is 4.01. The summed E-state index contributed by atoms with van der Waals surface area (Å²) in [6.45, 7) is 0.998. The molecule has 0 fully saturated rings. The van der Waals surface area contributed by atoms with Gasteiger partial charge in [0.1, 0.15) is 0 Å². The van der Waals surface area contributed by atoms with Gasteiger partial charge >= 0.3 is 0 Å². The van der Waals surface area contributed by atoms with Gasteiger partial charge in [-0.25, -0.2) is 0 Å². The summed E-state index contributed by atoms with van der Waals surface area (Å²) in [5.74, 6) is 0.545. The minimum atomic E-state index is -0.157. The molecule has 2 aromatic rings. The molecule has 0 saturated carbocycles. The molecule has 0 aliphatic rings. The summed E-state index contributed by atoms with van der Waals surface area (Å²) < 4.78 is 5.84. The van der Waals surface area contributed by atoms with Crippen LogP contribution >= 0.6 is 27.5 Å². The molecule has 3 nitrogen and oxygen atoms in total. The summed E-state index contributed by atoms with van der Waals surface area (Å²) in [4.78, 5) is 14.0. The monoisotopic (exact) mass is 341 g/mol. The Bertz CT molecular complexity index is 541. The van der Waals surface area contributed by atoms with Gasteiger partial charge in [-0.15, -0.1) is 11.6 Å². The van der Waals surface area contributed by atoms with Crippen molar-refractivity contribution in [2.45, 2.75) is 6.54 Å². The number of amides is 1. The van der Waals surface area contributed by atoms with Gasteiger partial charge in [-0.2, -0.15) is 0 Å². The van der Waals surface area contributed by atoms with E-state index in [0.717, 1.165) is 5.56 Å². The van der Waals surface area contributed by atoms with Crippen molar-refractivity contribution in [2.75, 3.05) is 12.4 Å². The largest absolute Gasteiger partial charge is 0.444 e. The van der Waals surface area contributed by atoms with E-state index in [9.17, 15) is 4.79 Å². The van der Waals surface area contributed by atoms with E-state index in [1.807, 2.05) is 30.3 Å². The Balaban J connectivity index is 2.13. The third-order valence-corrected chi connectivity index (χ3v) is 3.24. The quantitative estimate of drug-likeness (QED) is 0.772. The van der Waals surface area contributed by atoms with Crippen LogP contribution in [0, 0.1) is 0 Å². The lowest BCUT2D eigenvalue weighted by atomic mass is 10.2. The molecule has 1 aromatic carbocycles. The van der Waals surface area contributed by atoms with Crippen molar-refractivity contribution in [3.63, 3.8) is 0 Å². The number of carbonyl (C=O) groups is 1. The topological polar surface area (TPSA) is 33.5 Å². The summed E-state index contributed by atoms with van der Waals surface area (Å²) in [6.07, 6.45) is 0. The number of alkyl halides is 1. The molecule has 0 bridgehead atoms. The highest BCUT2D eigenvalue weighted by molar-refractivity contribution is 9.10. The van der Waals surface area contributed by atoms with Gasteiger partial charge in [0, 0.05) is 19.0 Å². The van der Waals surface area contributed by atoms with Crippen LogP contribution in [0.3, 0.4) is 0 Å². The summed E-state index contributed by atoms with van der Waals surface area (Å²) in [7, 11) is 0. The SMILES string of the molecule is O=C(c1ccc(Br)o1)N(CCCl)Cc1ccccc1. The lowest BCUT2D eigenvalue weighted by Gasteiger charge is -2.20. The van der Waals surface area contributed by atoms with E-state index < -0.39 is 0 Å². The molecular weight excluding hydrogens is 330 g/mol. The van der Waals surface area contributed by atoms with Crippen molar-refractivity contribution >= 4 is 33.4 Å². The van der Waals surface area contributed by atoms with Crippen molar-refractivity contribution < 1.29 is 9.21 Å². The summed E-state index contributed by atoms with van der Waals surface area (Å²) in [6, 6.07) is 13.2. The van der Waals surface area contributed by atoms with Crippen LogP contribution in [0.4, 0.5) is 0 Å². The maximum atomic E-state index is 12.3. The molecule has 2 rings (SSSR count). The Morgan fingerprint density at radius 3 is 2.53 bits per heavy atom. The zero-order valence-electron chi connectivity index (χ0n) is 10.2. The van der Waals surface area contributed by atoms with Crippen molar-refractivity contribution in [2.24, 2.45) is 0 Å². The number of halogens is 2. The standard InChI is InChI=1S/C14H13BrClNO2/c15-13-7-6-12(19-13)14(18)17(9-8-16)10-11-4-2-1-3-5-11/h1-7H,8-10H2. The maximum absolute atomic E-state index is 12.3. The summed E-state index contributed by atoms with van der Waals surface area (Å²) in [5.41, 5.74) is 1.06. The Labute approximate surface area is 125 Å². The molecule has 1 amide bonds. The highest BCUT2D eigenvalue weighted by Crippen LogP contribution is 2.17. The molecule has 0 unspecified atom stereocenters.